The highest BCUT2D eigenvalue weighted by molar-refractivity contribution is 4.91. The summed E-state index contributed by atoms with van der Waals surface area (Å²) < 4.78 is 0. The van der Waals surface area contributed by atoms with Crippen LogP contribution in [0.5, 0.6) is 0 Å². The second-order valence-electron chi connectivity index (χ2n) is 2.09. The van der Waals surface area contributed by atoms with Crippen molar-refractivity contribution in [2.75, 3.05) is 13.1 Å². The summed E-state index contributed by atoms with van der Waals surface area (Å²) in [6, 6.07) is 0. The van der Waals surface area contributed by atoms with Crippen molar-refractivity contribution in [3.63, 3.8) is 0 Å². The Kier molecular flexibility index (Phi) is 5.32. The second kappa shape index (κ2) is 5.63. The second-order valence-corrected chi connectivity index (χ2v) is 2.09. The Morgan fingerprint density at radius 1 is 1.67 bits per heavy atom. The van der Waals surface area contributed by atoms with Crippen LogP contribution in [0.4, 0.5) is 0 Å². The van der Waals surface area contributed by atoms with Crippen LogP contribution in [0.15, 0.2) is 12.3 Å². The van der Waals surface area contributed by atoms with Crippen LogP contribution in [-0.2, 0) is 0 Å². The lowest BCUT2D eigenvalue weighted by atomic mass is 10.3. The monoisotopic (exact) mass is 128 g/mol. The normalized spacial score (nSPS) is 9.11. The van der Waals surface area contributed by atoms with Crippen molar-refractivity contribution >= 4 is 0 Å². The Balaban J connectivity index is 2.97. The third-order valence-corrected chi connectivity index (χ3v) is 1.15. The number of hydrogen-bond acceptors (Lipinski definition) is 2. The van der Waals surface area contributed by atoms with Crippen molar-refractivity contribution in [1.82, 2.24) is 5.32 Å². The van der Waals surface area contributed by atoms with Crippen molar-refractivity contribution in [3.8, 4) is 0 Å². The van der Waals surface area contributed by atoms with E-state index in [1.54, 1.807) is 0 Å². The first kappa shape index (κ1) is 8.50. The summed E-state index contributed by atoms with van der Waals surface area (Å²) in [5.74, 6) is 0. The Bertz CT molecular complexity index is 79.0. The quantitative estimate of drug-likeness (QED) is 0.539. The average Bonchev–Trinajstić information content (AvgIpc) is 1.89. The Hall–Kier alpha value is -0.500. The van der Waals surface area contributed by atoms with Gasteiger partial charge in [-0.3, -0.25) is 0 Å². The van der Waals surface area contributed by atoms with E-state index in [0.29, 0.717) is 6.54 Å². The highest BCUT2D eigenvalue weighted by Crippen LogP contribution is 1.84. The van der Waals surface area contributed by atoms with Gasteiger partial charge in [-0.1, -0.05) is 19.9 Å². The highest BCUT2D eigenvalue weighted by atomic mass is 14.9. The molecule has 0 saturated heterocycles. The summed E-state index contributed by atoms with van der Waals surface area (Å²) >= 11 is 0. The molecule has 0 radical (unpaired) electrons. The van der Waals surface area contributed by atoms with E-state index in [0.717, 1.165) is 12.2 Å². The van der Waals surface area contributed by atoms with Gasteiger partial charge in [0.15, 0.2) is 0 Å². The van der Waals surface area contributed by atoms with Gasteiger partial charge in [0.2, 0.25) is 0 Å². The van der Waals surface area contributed by atoms with E-state index in [4.69, 9.17) is 5.73 Å². The van der Waals surface area contributed by atoms with Gasteiger partial charge in [-0.05, 0) is 6.42 Å². The highest BCUT2D eigenvalue weighted by Gasteiger charge is 1.85. The molecule has 0 unspecified atom stereocenters. The molecule has 0 spiro atoms. The molecule has 0 heterocycles. The molecule has 0 fully saturated rings. The predicted molar refractivity (Wildman–Crippen MR) is 41.1 cm³/mol. The van der Waals surface area contributed by atoms with Crippen molar-refractivity contribution in [2.24, 2.45) is 5.73 Å². The maximum Gasteiger partial charge on any atom is 0.0322 e. The fourth-order valence-corrected chi connectivity index (χ4v) is 0.514. The molecule has 3 N–H and O–H groups in total. The molecule has 2 nitrogen and oxygen atoms in total. The van der Waals surface area contributed by atoms with Crippen LogP contribution in [0.2, 0.25) is 0 Å². The van der Waals surface area contributed by atoms with Crippen molar-refractivity contribution < 1.29 is 0 Å². The lowest BCUT2D eigenvalue weighted by Gasteiger charge is -2.04. The van der Waals surface area contributed by atoms with E-state index in [1.807, 2.05) is 0 Å². The van der Waals surface area contributed by atoms with Crippen LogP contribution >= 0.6 is 0 Å². The molecule has 9 heavy (non-hydrogen) atoms. The predicted octanol–water partition coefficient (Wildman–Crippen LogP) is 0.848. The molecule has 0 rings (SSSR count). The topological polar surface area (TPSA) is 38.0 Å². The molecule has 0 saturated carbocycles. The minimum atomic E-state index is 0.545. The molecule has 0 aromatic rings. The van der Waals surface area contributed by atoms with Gasteiger partial charge in [0.25, 0.3) is 0 Å². The molecule has 0 aliphatic rings. The van der Waals surface area contributed by atoms with Crippen LogP contribution < -0.4 is 11.1 Å². The summed E-state index contributed by atoms with van der Waals surface area (Å²) in [6.07, 6.45) is 2.41. The molecule has 0 amide bonds. The summed E-state index contributed by atoms with van der Waals surface area (Å²) in [6.45, 7) is 7.42. The summed E-state index contributed by atoms with van der Waals surface area (Å²) in [4.78, 5) is 0. The number of unbranched alkanes of at least 4 members (excludes halogenated alkanes) is 1. The van der Waals surface area contributed by atoms with Crippen LogP contribution in [-0.4, -0.2) is 13.1 Å². The standard InChI is InChI=1S/C7H16N2/c1-3-4-5-9-7(2)6-8/h9H,2-6,8H2,1H3. The van der Waals surface area contributed by atoms with Crippen molar-refractivity contribution in [2.45, 2.75) is 19.8 Å². The Labute approximate surface area is 57.1 Å². The largest absolute Gasteiger partial charge is 0.388 e. The number of nitrogens with one attached hydrogen (secondary N) is 1. The van der Waals surface area contributed by atoms with Gasteiger partial charge >= 0.3 is 0 Å². The maximum absolute atomic E-state index is 5.29. The first-order chi connectivity index (χ1) is 4.31. The van der Waals surface area contributed by atoms with Gasteiger partial charge in [-0.15, -0.1) is 0 Å². The fourth-order valence-electron chi connectivity index (χ4n) is 0.514. The lowest BCUT2D eigenvalue weighted by Crippen LogP contribution is -2.19. The van der Waals surface area contributed by atoms with Gasteiger partial charge in [0.05, 0.1) is 0 Å². The summed E-state index contributed by atoms with van der Waals surface area (Å²) in [7, 11) is 0. The summed E-state index contributed by atoms with van der Waals surface area (Å²) in [5.41, 5.74) is 6.23. The first-order valence-corrected chi connectivity index (χ1v) is 3.43. The van der Waals surface area contributed by atoms with E-state index in [1.165, 1.54) is 12.8 Å². The molecule has 2 heteroatoms. The van der Waals surface area contributed by atoms with Crippen LogP contribution in [0.1, 0.15) is 19.8 Å². The zero-order valence-electron chi connectivity index (χ0n) is 6.11. The van der Waals surface area contributed by atoms with Gasteiger partial charge in [-0.25, -0.2) is 0 Å². The maximum atomic E-state index is 5.29. The number of nitrogens with two attached hydrogens (primary N) is 1. The summed E-state index contributed by atoms with van der Waals surface area (Å²) in [5, 5.41) is 3.11. The number of rotatable bonds is 5. The lowest BCUT2D eigenvalue weighted by molar-refractivity contribution is 0.702. The van der Waals surface area contributed by atoms with Gasteiger partial charge < -0.3 is 11.1 Å². The molecular formula is C7H16N2. The van der Waals surface area contributed by atoms with Crippen molar-refractivity contribution in [3.05, 3.63) is 12.3 Å². The van der Waals surface area contributed by atoms with Gasteiger partial charge in [-0.2, -0.15) is 0 Å². The zero-order chi connectivity index (χ0) is 7.11. The third-order valence-electron chi connectivity index (χ3n) is 1.15. The average molecular weight is 128 g/mol. The smallest absolute Gasteiger partial charge is 0.0322 e. The SMILES string of the molecule is C=C(CN)NCCCC. The van der Waals surface area contributed by atoms with E-state index in [9.17, 15) is 0 Å². The molecule has 0 aromatic carbocycles. The molecule has 0 aliphatic heterocycles. The van der Waals surface area contributed by atoms with Gasteiger partial charge in [0, 0.05) is 18.8 Å². The Morgan fingerprint density at radius 2 is 2.33 bits per heavy atom. The minimum Gasteiger partial charge on any atom is -0.388 e. The van der Waals surface area contributed by atoms with E-state index < -0.39 is 0 Å². The molecule has 0 atom stereocenters. The minimum absolute atomic E-state index is 0.545. The van der Waals surface area contributed by atoms with E-state index in [-0.39, 0.29) is 0 Å². The molecule has 0 aliphatic carbocycles. The van der Waals surface area contributed by atoms with Crippen LogP contribution in [0.25, 0.3) is 0 Å². The fraction of sp³-hybridized carbons (Fsp3) is 0.714. The zero-order valence-corrected chi connectivity index (χ0v) is 6.11. The van der Waals surface area contributed by atoms with E-state index in [2.05, 4.69) is 18.8 Å². The number of hydrogen-bond donors (Lipinski definition) is 2. The Morgan fingerprint density at radius 3 is 2.78 bits per heavy atom. The molecule has 0 aromatic heterocycles. The molecule has 54 valence electrons. The first-order valence-electron chi connectivity index (χ1n) is 3.43. The van der Waals surface area contributed by atoms with E-state index >= 15 is 0 Å². The van der Waals surface area contributed by atoms with Crippen LogP contribution in [0, 0.1) is 0 Å². The van der Waals surface area contributed by atoms with Gasteiger partial charge in [0.1, 0.15) is 0 Å². The molecule has 0 bridgehead atoms. The van der Waals surface area contributed by atoms with Crippen LogP contribution in [0.3, 0.4) is 0 Å². The third kappa shape index (κ3) is 5.37. The molecular weight excluding hydrogens is 112 g/mol. The van der Waals surface area contributed by atoms with Crippen molar-refractivity contribution in [1.29, 1.82) is 0 Å².